The van der Waals surface area contributed by atoms with E-state index in [2.05, 4.69) is 23.8 Å². The Kier molecular flexibility index (Phi) is 5.74. The molecule has 0 radical (unpaired) electrons. The van der Waals surface area contributed by atoms with Crippen LogP contribution in [0.4, 0.5) is 16.2 Å². The van der Waals surface area contributed by atoms with E-state index >= 15 is 0 Å². The summed E-state index contributed by atoms with van der Waals surface area (Å²) in [5.74, 6) is 0. The summed E-state index contributed by atoms with van der Waals surface area (Å²) in [5.41, 5.74) is 8.11. The Morgan fingerprint density at radius 3 is 2.13 bits per heavy atom. The second kappa shape index (κ2) is 7.98. The van der Waals surface area contributed by atoms with Gasteiger partial charge >= 0.3 is 6.03 Å². The van der Waals surface area contributed by atoms with Gasteiger partial charge in [-0.05, 0) is 43.7 Å². The third-order valence-corrected chi connectivity index (χ3v) is 3.55. The minimum Gasteiger partial charge on any atom is -0.372 e. The third kappa shape index (κ3) is 4.32. The number of primary amides is 1. The third-order valence-electron chi connectivity index (χ3n) is 3.55. The molecule has 2 aromatic rings. The standard InChI is InChI=1S/C18H22N4O/c1-3-21(4-2)16-12-10-15(11-13-16)14-20-22(18(19)23)17-8-6-5-7-9-17/h5-14H,3-4H2,1-2H3,(H2,19,23)/b20-14+. The van der Waals surface area contributed by atoms with Gasteiger partial charge in [-0.25, -0.2) is 4.79 Å². The Bertz CT molecular complexity index is 648. The Balaban J connectivity index is 2.16. The number of carbonyl (C=O) groups is 1. The molecule has 0 fully saturated rings. The van der Waals surface area contributed by atoms with Crippen molar-refractivity contribution < 1.29 is 4.79 Å². The van der Waals surface area contributed by atoms with Crippen LogP contribution in [-0.4, -0.2) is 25.3 Å². The molecule has 2 aromatic carbocycles. The molecule has 0 aliphatic heterocycles. The second-order valence-corrected chi connectivity index (χ2v) is 4.99. The Morgan fingerprint density at radius 1 is 1.00 bits per heavy atom. The van der Waals surface area contributed by atoms with Gasteiger partial charge in [-0.3, -0.25) is 0 Å². The number of nitrogens with two attached hydrogens (primary N) is 1. The molecule has 0 saturated heterocycles. The van der Waals surface area contributed by atoms with Crippen molar-refractivity contribution in [1.29, 1.82) is 0 Å². The number of hydrogen-bond acceptors (Lipinski definition) is 3. The summed E-state index contributed by atoms with van der Waals surface area (Å²) in [7, 11) is 0. The fourth-order valence-electron chi connectivity index (χ4n) is 2.30. The number of carbonyl (C=O) groups excluding carboxylic acids is 1. The summed E-state index contributed by atoms with van der Waals surface area (Å²) in [6.07, 6.45) is 1.63. The second-order valence-electron chi connectivity index (χ2n) is 4.99. The number of amides is 2. The molecule has 0 aliphatic carbocycles. The van der Waals surface area contributed by atoms with Gasteiger partial charge < -0.3 is 10.6 Å². The van der Waals surface area contributed by atoms with E-state index in [9.17, 15) is 4.79 Å². The van der Waals surface area contributed by atoms with Crippen molar-refractivity contribution in [2.75, 3.05) is 23.0 Å². The average Bonchev–Trinajstić information content (AvgIpc) is 2.58. The summed E-state index contributed by atoms with van der Waals surface area (Å²) in [6.45, 7) is 6.19. The van der Waals surface area contributed by atoms with E-state index in [-0.39, 0.29) is 0 Å². The Labute approximate surface area is 137 Å². The lowest BCUT2D eigenvalue weighted by atomic mass is 10.2. The highest BCUT2D eigenvalue weighted by Gasteiger charge is 2.09. The summed E-state index contributed by atoms with van der Waals surface area (Å²) in [6, 6.07) is 16.5. The topological polar surface area (TPSA) is 61.9 Å². The van der Waals surface area contributed by atoms with E-state index < -0.39 is 6.03 Å². The number of para-hydroxylation sites is 1. The number of nitrogens with zero attached hydrogens (tertiary/aromatic N) is 3. The zero-order valence-electron chi connectivity index (χ0n) is 13.5. The summed E-state index contributed by atoms with van der Waals surface area (Å²) >= 11 is 0. The predicted molar refractivity (Wildman–Crippen MR) is 96.1 cm³/mol. The number of rotatable bonds is 6. The first kappa shape index (κ1) is 16.5. The van der Waals surface area contributed by atoms with E-state index in [1.54, 1.807) is 18.3 Å². The van der Waals surface area contributed by atoms with Gasteiger partial charge in [0.15, 0.2) is 0 Å². The van der Waals surface area contributed by atoms with Crippen LogP contribution in [0.25, 0.3) is 0 Å². The van der Waals surface area contributed by atoms with Crippen molar-refractivity contribution in [1.82, 2.24) is 0 Å². The quantitative estimate of drug-likeness (QED) is 0.656. The molecule has 5 nitrogen and oxygen atoms in total. The summed E-state index contributed by atoms with van der Waals surface area (Å²) in [4.78, 5) is 13.8. The van der Waals surface area contributed by atoms with Crippen LogP contribution in [0.1, 0.15) is 19.4 Å². The van der Waals surface area contributed by atoms with Crippen molar-refractivity contribution in [2.45, 2.75) is 13.8 Å². The molecule has 0 atom stereocenters. The molecule has 2 rings (SSSR count). The lowest BCUT2D eigenvalue weighted by Crippen LogP contribution is -2.31. The van der Waals surface area contributed by atoms with Crippen LogP contribution >= 0.6 is 0 Å². The van der Waals surface area contributed by atoms with Gasteiger partial charge in [-0.15, -0.1) is 0 Å². The van der Waals surface area contributed by atoms with Crippen molar-refractivity contribution in [3.63, 3.8) is 0 Å². The molecule has 0 aromatic heterocycles. The Morgan fingerprint density at radius 2 is 1.61 bits per heavy atom. The minimum absolute atomic E-state index is 0.618. The normalized spacial score (nSPS) is 10.7. The lowest BCUT2D eigenvalue weighted by Gasteiger charge is -2.20. The lowest BCUT2D eigenvalue weighted by molar-refractivity contribution is 0.254. The highest BCUT2D eigenvalue weighted by atomic mass is 16.2. The molecular formula is C18H22N4O. The number of anilines is 2. The summed E-state index contributed by atoms with van der Waals surface area (Å²) in [5, 5.41) is 5.38. The minimum atomic E-state index is -0.618. The van der Waals surface area contributed by atoms with Crippen LogP contribution in [0.15, 0.2) is 59.7 Å². The molecule has 2 N–H and O–H groups in total. The van der Waals surface area contributed by atoms with Gasteiger partial charge in [0.25, 0.3) is 0 Å². The molecule has 0 heterocycles. The molecule has 23 heavy (non-hydrogen) atoms. The fourth-order valence-corrected chi connectivity index (χ4v) is 2.30. The van der Waals surface area contributed by atoms with Crippen LogP contribution < -0.4 is 15.6 Å². The maximum absolute atomic E-state index is 11.6. The van der Waals surface area contributed by atoms with Crippen LogP contribution in [0.3, 0.4) is 0 Å². The molecule has 0 spiro atoms. The Hall–Kier alpha value is -2.82. The molecule has 0 unspecified atom stereocenters. The van der Waals surface area contributed by atoms with Crippen molar-refractivity contribution in [2.24, 2.45) is 10.8 Å². The van der Waals surface area contributed by atoms with Gasteiger partial charge in [0.2, 0.25) is 0 Å². The number of benzene rings is 2. The van der Waals surface area contributed by atoms with Gasteiger partial charge in [0.05, 0.1) is 11.9 Å². The zero-order chi connectivity index (χ0) is 16.7. The molecule has 0 bridgehead atoms. The van der Waals surface area contributed by atoms with Gasteiger partial charge in [0.1, 0.15) is 0 Å². The number of hydrogen-bond donors (Lipinski definition) is 1. The number of urea groups is 1. The van der Waals surface area contributed by atoms with E-state index in [4.69, 9.17) is 5.73 Å². The van der Waals surface area contributed by atoms with Crippen LogP contribution in [0, 0.1) is 0 Å². The maximum atomic E-state index is 11.6. The largest absolute Gasteiger partial charge is 0.372 e. The highest BCUT2D eigenvalue weighted by molar-refractivity contribution is 5.93. The molecule has 5 heteroatoms. The monoisotopic (exact) mass is 310 g/mol. The predicted octanol–water partition coefficient (Wildman–Crippen LogP) is 3.45. The van der Waals surface area contributed by atoms with Crippen molar-refractivity contribution >= 4 is 23.6 Å². The SMILES string of the molecule is CCN(CC)c1ccc(/C=N/N(C(N)=O)c2ccccc2)cc1. The molecule has 2 amide bonds. The maximum Gasteiger partial charge on any atom is 0.340 e. The first-order chi connectivity index (χ1) is 11.2. The first-order valence-corrected chi connectivity index (χ1v) is 7.69. The summed E-state index contributed by atoms with van der Waals surface area (Å²) < 4.78 is 0. The van der Waals surface area contributed by atoms with Crippen LogP contribution in [0.5, 0.6) is 0 Å². The van der Waals surface area contributed by atoms with Crippen molar-refractivity contribution in [3.8, 4) is 0 Å². The molecule has 0 saturated carbocycles. The van der Waals surface area contributed by atoms with Gasteiger partial charge in [-0.1, -0.05) is 30.3 Å². The fraction of sp³-hybridized carbons (Fsp3) is 0.222. The first-order valence-electron chi connectivity index (χ1n) is 7.69. The van der Waals surface area contributed by atoms with Crippen LogP contribution in [0.2, 0.25) is 0 Å². The van der Waals surface area contributed by atoms with E-state index in [1.807, 2.05) is 42.5 Å². The van der Waals surface area contributed by atoms with E-state index in [0.717, 1.165) is 18.7 Å². The van der Waals surface area contributed by atoms with Crippen LogP contribution in [-0.2, 0) is 0 Å². The van der Waals surface area contributed by atoms with Gasteiger partial charge in [0, 0.05) is 18.8 Å². The molecular weight excluding hydrogens is 288 g/mol. The van der Waals surface area contributed by atoms with Crippen molar-refractivity contribution in [3.05, 3.63) is 60.2 Å². The molecule has 0 aliphatic rings. The van der Waals surface area contributed by atoms with E-state index in [1.165, 1.54) is 10.7 Å². The number of hydrazone groups is 1. The zero-order valence-corrected chi connectivity index (χ0v) is 13.5. The van der Waals surface area contributed by atoms with E-state index in [0.29, 0.717) is 5.69 Å². The highest BCUT2D eigenvalue weighted by Crippen LogP contribution is 2.15. The smallest absolute Gasteiger partial charge is 0.340 e. The molecule has 120 valence electrons. The average molecular weight is 310 g/mol. The van der Waals surface area contributed by atoms with Gasteiger partial charge in [-0.2, -0.15) is 10.1 Å².